The number of carbonyl (C=O) groups excluding carboxylic acids is 2. The zero-order valence-corrected chi connectivity index (χ0v) is 10.9. The number of nitrogens with two attached hydrogens (primary N) is 1. The highest BCUT2D eigenvalue weighted by atomic mass is 35.5. The third-order valence-electron chi connectivity index (χ3n) is 1.93. The minimum Gasteiger partial charge on any atom is -0.449 e. The molecule has 0 aliphatic carbocycles. The SMILES string of the molecule is C[C@H](OC(=O)c1c(Cl)ccc(Cl)c1Cl)C(N)=O. The van der Waals surface area contributed by atoms with Gasteiger partial charge in [0.15, 0.2) is 6.10 Å². The van der Waals surface area contributed by atoms with Crippen molar-refractivity contribution in [2.24, 2.45) is 5.73 Å². The fourth-order valence-corrected chi connectivity index (χ4v) is 1.67. The summed E-state index contributed by atoms with van der Waals surface area (Å²) in [6.45, 7) is 1.34. The number of primary amides is 1. The second-order valence-corrected chi connectivity index (χ2v) is 4.36. The van der Waals surface area contributed by atoms with Gasteiger partial charge in [-0.1, -0.05) is 34.8 Å². The van der Waals surface area contributed by atoms with Gasteiger partial charge >= 0.3 is 5.97 Å². The van der Waals surface area contributed by atoms with E-state index in [4.69, 9.17) is 45.3 Å². The van der Waals surface area contributed by atoms with Crippen LogP contribution in [0, 0.1) is 0 Å². The lowest BCUT2D eigenvalue weighted by molar-refractivity contribution is -0.125. The van der Waals surface area contributed by atoms with Crippen molar-refractivity contribution in [1.82, 2.24) is 0 Å². The molecular weight excluding hydrogens is 288 g/mol. The lowest BCUT2D eigenvalue weighted by Gasteiger charge is -2.12. The van der Waals surface area contributed by atoms with Crippen LogP contribution >= 0.6 is 34.8 Å². The number of halogens is 3. The van der Waals surface area contributed by atoms with Gasteiger partial charge in [-0.25, -0.2) is 4.79 Å². The molecular formula is C10H8Cl3NO3. The zero-order chi connectivity index (χ0) is 13.2. The number of amides is 1. The number of hydrogen-bond donors (Lipinski definition) is 1. The Labute approximate surface area is 113 Å². The molecule has 4 nitrogen and oxygen atoms in total. The average Bonchev–Trinajstić information content (AvgIpc) is 2.24. The third kappa shape index (κ3) is 3.25. The molecule has 1 rings (SSSR count). The average molecular weight is 297 g/mol. The molecule has 0 heterocycles. The van der Waals surface area contributed by atoms with Crippen molar-refractivity contribution in [2.45, 2.75) is 13.0 Å². The monoisotopic (exact) mass is 295 g/mol. The van der Waals surface area contributed by atoms with E-state index in [-0.39, 0.29) is 20.6 Å². The molecule has 0 saturated heterocycles. The molecule has 1 atom stereocenters. The molecule has 0 saturated carbocycles. The van der Waals surface area contributed by atoms with Crippen molar-refractivity contribution in [2.75, 3.05) is 0 Å². The van der Waals surface area contributed by atoms with Gasteiger partial charge in [-0.3, -0.25) is 4.79 Å². The Kier molecular flexibility index (Phi) is 4.62. The number of benzene rings is 1. The fourth-order valence-electron chi connectivity index (χ4n) is 0.992. The Balaban J connectivity index is 3.05. The smallest absolute Gasteiger partial charge is 0.342 e. The van der Waals surface area contributed by atoms with E-state index >= 15 is 0 Å². The molecule has 0 spiro atoms. The predicted molar refractivity (Wildman–Crippen MR) is 65.5 cm³/mol. The highest BCUT2D eigenvalue weighted by molar-refractivity contribution is 6.46. The van der Waals surface area contributed by atoms with E-state index in [0.29, 0.717) is 0 Å². The van der Waals surface area contributed by atoms with Crippen molar-refractivity contribution in [3.63, 3.8) is 0 Å². The summed E-state index contributed by atoms with van der Waals surface area (Å²) < 4.78 is 4.77. The van der Waals surface area contributed by atoms with Gasteiger partial charge in [-0.2, -0.15) is 0 Å². The van der Waals surface area contributed by atoms with Crippen LogP contribution in [0.1, 0.15) is 17.3 Å². The van der Waals surface area contributed by atoms with Crippen molar-refractivity contribution < 1.29 is 14.3 Å². The van der Waals surface area contributed by atoms with Crippen molar-refractivity contribution in [3.8, 4) is 0 Å². The second-order valence-electron chi connectivity index (χ2n) is 3.17. The Morgan fingerprint density at radius 1 is 1.24 bits per heavy atom. The van der Waals surface area contributed by atoms with Crippen LogP contribution < -0.4 is 5.73 Å². The van der Waals surface area contributed by atoms with E-state index in [1.54, 1.807) is 0 Å². The second kappa shape index (κ2) is 5.58. The van der Waals surface area contributed by atoms with Crippen LogP contribution in [-0.2, 0) is 9.53 Å². The molecule has 7 heteroatoms. The van der Waals surface area contributed by atoms with E-state index in [2.05, 4.69) is 0 Å². The molecule has 1 aromatic carbocycles. The van der Waals surface area contributed by atoms with Gasteiger partial charge in [0.1, 0.15) is 0 Å². The largest absolute Gasteiger partial charge is 0.449 e. The summed E-state index contributed by atoms with van der Waals surface area (Å²) in [5.74, 6) is -1.62. The van der Waals surface area contributed by atoms with Crippen LogP contribution in [-0.4, -0.2) is 18.0 Å². The van der Waals surface area contributed by atoms with E-state index in [9.17, 15) is 9.59 Å². The van der Waals surface area contributed by atoms with Gasteiger partial charge in [0.25, 0.3) is 5.91 Å². The first-order valence-corrected chi connectivity index (χ1v) is 5.61. The van der Waals surface area contributed by atoms with Gasteiger partial charge in [-0.05, 0) is 19.1 Å². The fraction of sp³-hybridized carbons (Fsp3) is 0.200. The van der Waals surface area contributed by atoms with E-state index < -0.39 is 18.0 Å². The molecule has 1 aromatic rings. The number of rotatable bonds is 3. The van der Waals surface area contributed by atoms with Crippen LogP contribution in [0.4, 0.5) is 0 Å². The Morgan fingerprint density at radius 3 is 2.29 bits per heavy atom. The maximum Gasteiger partial charge on any atom is 0.342 e. The van der Waals surface area contributed by atoms with Crippen molar-refractivity contribution in [3.05, 3.63) is 32.8 Å². The van der Waals surface area contributed by atoms with Crippen molar-refractivity contribution in [1.29, 1.82) is 0 Å². The number of esters is 1. The quantitative estimate of drug-likeness (QED) is 0.688. The van der Waals surface area contributed by atoms with Crippen LogP contribution in [0.15, 0.2) is 12.1 Å². The van der Waals surface area contributed by atoms with E-state index in [1.807, 2.05) is 0 Å². The van der Waals surface area contributed by atoms with E-state index in [0.717, 1.165) is 0 Å². The minimum absolute atomic E-state index is 0.0270. The van der Waals surface area contributed by atoms with Crippen LogP contribution in [0.2, 0.25) is 15.1 Å². The molecule has 0 aliphatic heterocycles. The summed E-state index contributed by atoms with van der Waals surface area (Å²) in [7, 11) is 0. The van der Waals surface area contributed by atoms with Gasteiger partial charge in [-0.15, -0.1) is 0 Å². The first-order chi connectivity index (χ1) is 7.84. The predicted octanol–water partition coefficient (Wildman–Crippen LogP) is 2.68. The summed E-state index contributed by atoms with van der Waals surface area (Å²) >= 11 is 17.4. The highest BCUT2D eigenvalue weighted by Crippen LogP contribution is 2.32. The molecule has 92 valence electrons. The summed E-state index contributed by atoms with van der Waals surface area (Å²) in [5.41, 5.74) is 4.87. The number of hydrogen-bond acceptors (Lipinski definition) is 3. The summed E-state index contributed by atoms with van der Waals surface area (Å²) in [6.07, 6.45) is -1.08. The lowest BCUT2D eigenvalue weighted by Crippen LogP contribution is -2.30. The van der Waals surface area contributed by atoms with Crippen LogP contribution in [0.3, 0.4) is 0 Å². The van der Waals surface area contributed by atoms with Crippen molar-refractivity contribution >= 4 is 46.7 Å². The summed E-state index contributed by atoms with van der Waals surface area (Å²) in [5, 5.41) is 0.219. The molecule has 0 unspecified atom stereocenters. The normalized spacial score (nSPS) is 12.0. The molecule has 1 amide bonds. The molecule has 0 bridgehead atoms. The zero-order valence-electron chi connectivity index (χ0n) is 8.67. The summed E-state index contributed by atoms with van der Waals surface area (Å²) in [6, 6.07) is 2.85. The molecule has 0 aliphatic rings. The van der Waals surface area contributed by atoms with Gasteiger partial charge < -0.3 is 10.5 Å². The lowest BCUT2D eigenvalue weighted by atomic mass is 10.2. The van der Waals surface area contributed by atoms with Crippen LogP contribution in [0.25, 0.3) is 0 Å². The third-order valence-corrected chi connectivity index (χ3v) is 3.05. The van der Waals surface area contributed by atoms with Crippen LogP contribution in [0.5, 0.6) is 0 Å². The minimum atomic E-state index is -1.08. The molecule has 0 aromatic heterocycles. The Bertz CT molecular complexity index is 476. The van der Waals surface area contributed by atoms with E-state index in [1.165, 1.54) is 19.1 Å². The molecule has 17 heavy (non-hydrogen) atoms. The van der Waals surface area contributed by atoms with Gasteiger partial charge in [0, 0.05) is 0 Å². The van der Waals surface area contributed by atoms with Gasteiger partial charge in [0.05, 0.1) is 20.6 Å². The number of carbonyl (C=O) groups is 2. The first kappa shape index (κ1) is 14.1. The molecule has 0 radical (unpaired) electrons. The first-order valence-electron chi connectivity index (χ1n) is 4.48. The Hall–Kier alpha value is -0.970. The maximum atomic E-state index is 11.7. The van der Waals surface area contributed by atoms with Gasteiger partial charge in [0.2, 0.25) is 0 Å². The maximum absolute atomic E-state index is 11.7. The molecule has 0 fully saturated rings. The standard InChI is InChI=1S/C10H8Cl3NO3/c1-4(9(14)15)17-10(16)7-5(11)2-3-6(12)8(7)13/h2-4H,1H3,(H2,14,15)/t4-/m0/s1. The summed E-state index contributed by atoms with van der Waals surface area (Å²) in [4.78, 5) is 22.5. The Morgan fingerprint density at radius 2 is 1.76 bits per heavy atom. The number of ether oxygens (including phenoxy) is 1. The molecule has 2 N–H and O–H groups in total. The highest BCUT2D eigenvalue weighted by Gasteiger charge is 2.22. The topological polar surface area (TPSA) is 69.4 Å².